The molecule has 2 heterocycles. The van der Waals surface area contributed by atoms with Crippen LogP contribution in [0.1, 0.15) is 45.1 Å². The van der Waals surface area contributed by atoms with Crippen molar-refractivity contribution >= 4 is 11.7 Å². The smallest absolute Gasteiger partial charge is 0.225 e. The summed E-state index contributed by atoms with van der Waals surface area (Å²) in [6, 6.07) is 2.01. The Labute approximate surface area is 120 Å². The highest BCUT2D eigenvalue weighted by Gasteiger charge is 2.21. The van der Waals surface area contributed by atoms with E-state index in [1.54, 1.807) is 0 Å². The number of anilines is 1. The number of carbonyl (C=O) groups is 1. The molecule has 1 amide bonds. The Morgan fingerprint density at radius 2 is 1.95 bits per heavy atom. The third-order valence-corrected chi connectivity index (χ3v) is 3.41. The molecule has 0 radical (unpaired) electrons. The largest absolute Gasteiger partial charge is 0.357 e. The number of rotatable bonds is 3. The summed E-state index contributed by atoms with van der Waals surface area (Å²) in [5.74, 6) is 1.69. The molecule has 0 unspecified atom stereocenters. The molecule has 0 saturated carbocycles. The molecule has 1 saturated heterocycles. The summed E-state index contributed by atoms with van der Waals surface area (Å²) >= 11 is 0. The quantitative estimate of drug-likeness (QED) is 0.918. The van der Waals surface area contributed by atoms with E-state index in [1.807, 2.05) is 33.8 Å². The van der Waals surface area contributed by atoms with Gasteiger partial charge in [0.2, 0.25) is 5.91 Å². The summed E-state index contributed by atoms with van der Waals surface area (Å²) in [7, 11) is 0. The summed E-state index contributed by atoms with van der Waals surface area (Å²) < 4.78 is 0. The highest BCUT2D eigenvalue weighted by Crippen LogP contribution is 2.18. The van der Waals surface area contributed by atoms with E-state index in [-0.39, 0.29) is 11.3 Å². The van der Waals surface area contributed by atoms with Crippen molar-refractivity contribution in [3.05, 3.63) is 17.6 Å². The van der Waals surface area contributed by atoms with Gasteiger partial charge in [0.05, 0.1) is 6.54 Å². The van der Waals surface area contributed by atoms with E-state index in [0.29, 0.717) is 12.4 Å². The lowest BCUT2D eigenvalue weighted by Crippen LogP contribution is -2.35. The van der Waals surface area contributed by atoms with Gasteiger partial charge in [0.25, 0.3) is 0 Å². The third kappa shape index (κ3) is 3.68. The fraction of sp³-hybridized carbons (Fsp3) is 0.667. The van der Waals surface area contributed by atoms with Crippen molar-refractivity contribution < 1.29 is 4.79 Å². The van der Waals surface area contributed by atoms with E-state index in [4.69, 9.17) is 0 Å². The van der Waals surface area contributed by atoms with E-state index in [2.05, 4.69) is 20.2 Å². The molecule has 0 bridgehead atoms. The lowest BCUT2D eigenvalue weighted by Gasteiger charge is -2.19. The van der Waals surface area contributed by atoms with Crippen LogP contribution in [0.25, 0.3) is 0 Å². The number of hydrogen-bond acceptors (Lipinski definition) is 4. The summed E-state index contributed by atoms with van der Waals surface area (Å²) in [5.41, 5.74) is 0.559. The van der Waals surface area contributed by atoms with Crippen LogP contribution in [0.5, 0.6) is 0 Å². The highest BCUT2D eigenvalue weighted by molar-refractivity contribution is 5.81. The van der Waals surface area contributed by atoms with Crippen molar-refractivity contribution in [3.8, 4) is 0 Å². The molecule has 5 heteroatoms. The lowest BCUT2D eigenvalue weighted by molar-refractivity contribution is -0.128. The average molecular weight is 276 g/mol. The maximum atomic E-state index is 11.9. The second-order valence-corrected chi connectivity index (χ2v) is 6.41. The first-order chi connectivity index (χ1) is 9.36. The second kappa shape index (κ2) is 5.77. The molecule has 20 heavy (non-hydrogen) atoms. The minimum absolute atomic E-state index is 0.0188. The van der Waals surface area contributed by atoms with Crippen molar-refractivity contribution in [2.45, 2.75) is 47.1 Å². The van der Waals surface area contributed by atoms with E-state index in [0.717, 1.165) is 24.6 Å². The first-order valence-electron chi connectivity index (χ1n) is 7.24. The van der Waals surface area contributed by atoms with Gasteiger partial charge in [0.15, 0.2) is 0 Å². The summed E-state index contributed by atoms with van der Waals surface area (Å²) in [5, 5.41) is 2.90. The molecule has 110 valence electrons. The van der Waals surface area contributed by atoms with Gasteiger partial charge in [-0.05, 0) is 19.8 Å². The molecule has 0 spiro atoms. The molecular weight excluding hydrogens is 252 g/mol. The molecule has 1 aliphatic heterocycles. The maximum absolute atomic E-state index is 11.9. The van der Waals surface area contributed by atoms with Crippen LogP contribution in [0.4, 0.5) is 5.82 Å². The minimum atomic E-state index is -0.387. The van der Waals surface area contributed by atoms with E-state index in [9.17, 15) is 4.79 Å². The summed E-state index contributed by atoms with van der Waals surface area (Å²) in [4.78, 5) is 23.1. The van der Waals surface area contributed by atoms with Crippen LogP contribution >= 0.6 is 0 Å². The monoisotopic (exact) mass is 276 g/mol. The molecule has 0 aromatic carbocycles. The van der Waals surface area contributed by atoms with E-state index >= 15 is 0 Å². The molecule has 0 atom stereocenters. The molecular formula is C15H24N4O. The molecule has 1 aliphatic rings. The standard InChI is InChI=1S/C15H24N4O/c1-11-9-13(19-7-5-6-8-19)18-12(17-11)10-16-14(20)15(2,3)4/h9H,5-8,10H2,1-4H3,(H,16,20). The number of aromatic nitrogens is 2. The van der Waals surface area contributed by atoms with Crippen LogP contribution in [0.2, 0.25) is 0 Å². The zero-order valence-corrected chi connectivity index (χ0v) is 12.9. The molecule has 2 rings (SSSR count). The van der Waals surface area contributed by atoms with Gasteiger partial charge in [0, 0.05) is 30.3 Å². The molecule has 5 nitrogen and oxygen atoms in total. The van der Waals surface area contributed by atoms with Crippen molar-refractivity contribution in [1.29, 1.82) is 0 Å². The third-order valence-electron chi connectivity index (χ3n) is 3.41. The Bertz CT molecular complexity index is 487. The Hall–Kier alpha value is -1.65. The SMILES string of the molecule is Cc1cc(N2CCCC2)nc(CNC(=O)C(C)(C)C)n1. The average Bonchev–Trinajstić information content (AvgIpc) is 2.88. The number of nitrogens with zero attached hydrogens (tertiary/aromatic N) is 3. The first kappa shape index (κ1) is 14.8. The number of hydrogen-bond donors (Lipinski definition) is 1. The number of amides is 1. The van der Waals surface area contributed by atoms with Crippen LogP contribution in [-0.2, 0) is 11.3 Å². The Morgan fingerprint density at radius 3 is 2.55 bits per heavy atom. The van der Waals surface area contributed by atoms with Gasteiger partial charge in [-0.2, -0.15) is 0 Å². The van der Waals surface area contributed by atoms with Gasteiger partial charge in [-0.25, -0.2) is 9.97 Å². The number of aryl methyl sites for hydroxylation is 1. The summed E-state index contributed by atoms with van der Waals surface area (Å²) in [6.45, 7) is 10.2. The van der Waals surface area contributed by atoms with Gasteiger partial charge in [-0.1, -0.05) is 20.8 Å². The Kier molecular flexibility index (Phi) is 4.26. The zero-order valence-electron chi connectivity index (χ0n) is 12.9. The van der Waals surface area contributed by atoms with Gasteiger partial charge in [0.1, 0.15) is 11.6 Å². The predicted octanol–water partition coefficient (Wildman–Crippen LogP) is 2.05. The van der Waals surface area contributed by atoms with Crippen molar-refractivity contribution in [2.75, 3.05) is 18.0 Å². The normalized spacial score (nSPS) is 15.5. The van der Waals surface area contributed by atoms with Crippen LogP contribution in [0.3, 0.4) is 0 Å². The Balaban J connectivity index is 2.06. The maximum Gasteiger partial charge on any atom is 0.225 e. The van der Waals surface area contributed by atoms with Gasteiger partial charge in [-0.3, -0.25) is 4.79 Å². The number of carbonyl (C=O) groups excluding carboxylic acids is 1. The predicted molar refractivity (Wildman–Crippen MR) is 79.5 cm³/mol. The van der Waals surface area contributed by atoms with Crippen LogP contribution in [-0.4, -0.2) is 29.0 Å². The molecule has 1 aromatic rings. The number of nitrogens with one attached hydrogen (secondary N) is 1. The minimum Gasteiger partial charge on any atom is -0.357 e. The first-order valence-corrected chi connectivity index (χ1v) is 7.24. The van der Waals surface area contributed by atoms with E-state index < -0.39 is 0 Å². The highest BCUT2D eigenvalue weighted by atomic mass is 16.2. The molecule has 0 aliphatic carbocycles. The van der Waals surface area contributed by atoms with E-state index in [1.165, 1.54) is 12.8 Å². The molecule has 1 N–H and O–H groups in total. The Morgan fingerprint density at radius 1 is 1.30 bits per heavy atom. The topological polar surface area (TPSA) is 58.1 Å². The molecule has 1 fully saturated rings. The van der Waals surface area contributed by atoms with Crippen LogP contribution < -0.4 is 10.2 Å². The van der Waals surface area contributed by atoms with Crippen molar-refractivity contribution in [3.63, 3.8) is 0 Å². The molecule has 1 aromatic heterocycles. The van der Waals surface area contributed by atoms with Crippen molar-refractivity contribution in [2.24, 2.45) is 5.41 Å². The van der Waals surface area contributed by atoms with Crippen LogP contribution in [0.15, 0.2) is 6.07 Å². The lowest BCUT2D eigenvalue weighted by atomic mass is 9.96. The van der Waals surface area contributed by atoms with Gasteiger partial charge < -0.3 is 10.2 Å². The van der Waals surface area contributed by atoms with Gasteiger partial charge in [-0.15, -0.1) is 0 Å². The van der Waals surface area contributed by atoms with Crippen LogP contribution in [0, 0.1) is 12.3 Å². The van der Waals surface area contributed by atoms with Gasteiger partial charge >= 0.3 is 0 Å². The fourth-order valence-electron chi connectivity index (χ4n) is 2.22. The fourth-order valence-corrected chi connectivity index (χ4v) is 2.22. The zero-order chi connectivity index (χ0) is 14.8. The van der Waals surface area contributed by atoms with Crippen molar-refractivity contribution in [1.82, 2.24) is 15.3 Å². The second-order valence-electron chi connectivity index (χ2n) is 6.41. The summed E-state index contributed by atoms with van der Waals surface area (Å²) in [6.07, 6.45) is 2.44.